The van der Waals surface area contributed by atoms with Gasteiger partial charge in [0.1, 0.15) is 0 Å². The molecule has 6 heteroatoms. The maximum atomic E-state index is 10.6. The lowest BCUT2D eigenvalue weighted by molar-refractivity contribution is 0.609. The molecule has 3 nitrogen and oxygen atoms in total. The summed E-state index contributed by atoms with van der Waals surface area (Å²) >= 11 is 3.29. The monoisotopic (exact) mass is 283 g/mol. The fourth-order valence-corrected chi connectivity index (χ4v) is 1.94. The van der Waals surface area contributed by atoms with Crippen LogP contribution in [0.1, 0.15) is 5.56 Å². The highest BCUT2D eigenvalue weighted by atomic mass is 79.9. The largest absolute Gasteiger partial charge is 0.264 e. The lowest BCUT2D eigenvalue weighted by Crippen LogP contribution is -2.01. The van der Waals surface area contributed by atoms with Gasteiger partial charge in [-0.15, -0.1) is 0 Å². The second-order valence-corrected chi connectivity index (χ2v) is 6.21. The van der Waals surface area contributed by atoms with Gasteiger partial charge >= 0.3 is 0 Å². The van der Waals surface area contributed by atoms with Gasteiger partial charge < -0.3 is 0 Å². The molecular formula is C7H7BrClNO2S. The van der Waals surface area contributed by atoms with Crippen molar-refractivity contribution in [2.45, 2.75) is 6.42 Å². The van der Waals surface area contributed by atoms with E-state index in [4.69, 9.17) is 10.7 Å². The molecule has 0 saturated carbocycles. The molecule has 0 spiro atoms. The number of pyridine rings is 1. The predicted molar refractivity (Wildman–Crippen MR) is 55.3 cm³/mol. The van der Waals surface area contributed by atoms with Crippen LogP contribution < -0.4 is 0 Å². The summed E-state index contributed by atoms with van der Waals surface area (Å²) in [4.78, 5) is 3.88. The van der Waals surface area contributed by atoms with E-state index in [1.54, 1.807) is 18.5 Å². The molecule has 1 rings (SSSR count). The summed E-state index contributed by atoms with van der Waals surface area (Å²) in [5.74, 6) is -0.0706. The van der Waals surface area contributed by atoms with Crippen LogP contribution in [0.25, 0.3) is 0 Å². The molecule has 0 saturated heterocycles. The number of rotatable bonds is 3. The number of aryl methyl sites for hydroxylation is 1. The van der Waals surface area contributed by atoms with Gasteiger partial charge in [0.25, 0.3) is 0 Å². The van der Waals surface area contributed by atoms with Crippen LogP contribution in [0.5, 0.6) is 0 Å². The molecule has 0 aliphatic carbocycles. The highest BCUT2D eigenvalue weighted by molar-refractivity contribution is 9.10. The van der Waals surface area contributed by atoms with Gasteiger partial charge in [-0.3, -0.25) is 4.98 Å². The lowest BCUT2D eigenvalue weighted by Gasteiger charge is -2.00. The first-order chi connectivity index (χ1) is 5.99. The SMILES string of the molecule is O=S(=O)(Cl)CCc1cnccc1Br. The topological polar surface area (TPSA) is 47.0 Å². The molecule has 0 amide bonds. The van der Waals surface area contributed by atoms with Crippen LogP contribution >= 0.6 is 26.6 Å². The molecule has 0 aliphatic rings. The summed E-state index contributed by atoms with van der Waals surface area (Å²) in [7, 11) is 1.66. The Kier molecular flexibility index (Phi) is 3.70. The second kappa shape index (κ2) is 4.39. The minimum atomic E-state index is -3.42. The second-order valence-electron chi connectivity index (χ2n) is 2.46. The average Bonchev–Trinajstić information content (AvgIpc) is 2.01. The molecule has 0 bridgehead atoms. The third-order valence-electron chi connectivity index (χ3n) is 1.46. The maximum absolute atomic E-state index is 10.6. The van der Waals surface area contributed by atoms with E-state index in [-0.39, 0.29) is 5.75 Å². The van der Waals surface area contributed by atoms with E-state index < -0.39 is 9.05 Å². The molecule has 0 N–H and O–H groups in total. The van der Waals surface area contributed by atoms with Crippen LogP contribution in [0.2, 0.25) is 0 Å². The molecule has 0 aliphatic heterocycles. The third kappa shape index (κ3) is 4.06. The predicted octanol–water partition coefficient (Wildman–Crippen LogP) is 1.96. The van der Waals surface area contributed by atoms with Crippen molar-refractivity contribution in [3.63, 3.8) is 0 Å². The van der Waals surface area contributed by atoms with E-state index in [0.29, 0.717) is 6.42 Å². The lowest BCUT2D eigenvalue weighted by atomic mass is 10.2. The summed E-state index contributed by atoms with van der Waals surface area (Å²) in [5.41, 5.74) is 0.840. The summed E-state index contributed by atoms with van der Waals surface area (Å²) in [5, 5.41) is 0. The van der Waals surface area contributed by atoms with E-state index in [0.717, 1.165) is 10.0 Å². The Morgan fingerprint density at radius 3 is 2.77 bits per heavy atom. The van der Waals surface area contributed by atoms with Crippen molar-refractivity contribution in [3.05, 3.63) is 28.5 Å². The maximum Gasteiger partial charge on any atom is 0.232 e. The quantitative estimate of drug-likeness (QED) is 0.797. The zero-order valence-corrected chi connectivity index (χ0v) is 9.73. The first kappa shape index (κ1) is 10.9. The summed E-state index contributed by atoms with van der Waals surface area (Å²) in [6.07, 6.45) is 3.62. The van der Waals surface area contributed by atoms with E-state index in [9.17, 15) is 8.42 Å². The van der Waals surface area contributed by atoms with Crippen molar-refractivity contribution in [3.8, 4) is 0 Å². The molecule has 72 valence electrons. The van der Waals surface area contributed by atoms with Gasteiger partial charge in [0.2, 0.25) is 9.05 Å². The highest BCUT2D eigenvalue weighted by Gasteiger charge is 2.07. The fraction of sp³-hybridized carbons (Fsp3) is 0.286. The van der Waals surface area contributed by atoms with Crippen LogP contribution in [0, 0.1) is 0 Å². The van der Waals surface area contributed by atoms with Gasteiger partial charge in [-0.25, -0.2) is 8.42 Å². The van der Waals surface area contributed by atoms with Gasteiger partial charge in [0.15, 0.2) is 0 Å². The first-order valence-corrected chi connectivity index (χ1v) is 6.77. The number of hydrogen-bond donors (Lipinski definition) is 0. The van der Waals surface area contributed by atoms with Crippen molar-refractivity contribution in [1.82, 2.24) is 4.98 Å². The summed E-state index contributed by atoms with van der Waals surface area (Å²) < 4.78 is 22.1. The number of hydrogen-bond acceptors (Lipinski definition) is 3. The summed E-state index contributed by atoms with van der Waals surface area (Å²) in [6.45, 7) is 0. The Balaban J connectivity index is 2.71. The van der Waals surface area contributed by atoms with Crippen molar-refractivity contribution >= 4 is 35.7 Å². The Labute approximate surface area is 89.7 Å². The van der Waals surface area contributed by atoms with E-state index in [1.165, 1.54) is 0 Å². The minimum Gasteiger partial charge on any atom is -0.264 e. The Morgan fingerprint density at radius 2 is 2.23 bits per heavy atom. The van der Waals surface area contributed by atoms with Crippen molar-refractivity contribution in [2.24, 2.45) is 0 Å². The molecule has 0 unspecified atom stereocenters. The van der Waals surface area contributed by atoms with Gasteiger partial charge in [0.05, 0.1) is 5.75 Å². The Bertz CT molecular complexity index is 393. The van der Waals surface area contributed by atoms with Crippen molar-refractivity contribution in [1.29, 1.82) is 0 Å². The van der Waals surface area contributed by atoms with Gasteiger partial charge in [-0.05, 0) is 18.1 Å². The first-order valence-electron chi connectivity index (χ1n) is 3.50. The molecule has 0 aromatic carbocycles. The number of aromatic nitrogens is 1. The molecule has 13 heavy (non-hydrogen) atoms. The molecule has 1 aromatic rings. The Hall–Kier alpha value is -0.130. The van der Waals surface area contributed by atoms with E-state index >= 15 is 0 Å². The zero-order valence-electron chi connectivity index (χ0n) is 6.57. The van der Waals surface area contributed by atoms with Crippen LogP contribution in [-0.2, 0) is 15.5 Å². The van der Waals surface area contributed by atoms with Crippen LogP contribution in [0.15, 0.2) is 22.9 Å². The standard InChI is InChI=1S/C7H7BrClNO2S/c8-7-1-3-10-5-6(7)2-4-13(9,11)12/h1,3,5H,2,4H2. The molecular weight excluding hydrogens is 278 g/mol. The molecule has 0 fully saturated rings. The van der Waals surface area contributed by atoms with Crippen molar-refractivity contribution in [2.75, 3.05) is 5.75 Å². The highest BCUT2D eigenvalue weighted by Crippen LogP contribution is 2.16. The molecule has 0 radical (unpaired) electrons. The van der Waals surface area contributed by atoms with E-state index in [2.05, 4.69) is 20.9 Å². The fourth-order valence-electron chi connectivity index (χ4n) is 0.826. The molecule has 1 heterocycles. The van der Waals surface area contributed by atoms with Gasteiger partial charge in [-0.2, -0.15) is 0 Å². The normalized spacial score (nSPS) is 11.5. The number of nitrogens with zero attached hydrogens (tertiary/aromatic N) is 1. The molecule has 0 atom stereocenters. The summed E-state index contributed by atoms with van der Waals surface area (Å²) in [6, 6.07) is 1.76. The van der Waals surface area contributed by atoms with Gasteiger partial charge in [-0.1, -0.05) is 15.9 Å². The smallest absolute Gasteiger partial charge is 0.232 e. The van der Waals surface area contributed by atoms with Crippen LogP contribution in [-0.4, -0.2) is 19.2 Å². The zero-order chi connectivity index (χ0) is 9.90. The van der Waals surface area contributed by atoms with E-state index in [1.807, 2.05) is 0 Å². The average molecular weight is 285 g/mol. The van der Waals surface area contributed by atoms with Crippen LogP contribution in [0.4, 0.5) is 0 Å². The number of halogens is 2. The van der Waals surface area contributed by atoms with Crippen molar-refractivity contribution < 1.29 is 8.42 Å². The molecule has 1 aromatic heterocycles. The third-order valence-corrected chi connectivity index (χ3v) is 3.39. The van der Waals surface area contributed by atoms with Gasteiger partial charge in [0, 0.05) is 27.5 Å². The minimum absolute atomic E-state index is 0.0706. The van der Waals surface area contributed by atoms with Crippen LogP contribution in [0.3, 0.4) is 0 Å². The Morgan fingerprint density at radius 1 is 1.54 bits per heavy atom.